The highest BCUT2D eigenvalue weighted by atomic mass is 35.5. The van der Waals surface area contributed by atoms with Gasteiger partial charge in [0.2, 0.25) is 11.9 Å². The maximum absolute atomic E-state index is 12.2. The Morgan fingerprint density at radius 2 is 1.93 bits per heavy atom. The predicted molar refractivity (Wildman–Crippen MR) is 104 cm³/mol. The predicted octanol–water partition coefficient (Wildman–Crippen LogP) is 3.46. The molecule has 2 aromatic heterocycles. The van der Waals surface area contributed by atoms with Gasteiger partial charge >= 0.3 is 5.76 Å². The van der Waals surface area contributed by atoms with Crippen LogP contribution in [0.15, 0.2) is 51.7 Å². The molecule has 0 atom stereocenters. The van der Waals surface area contributed by atoms with Crippen molar-refractivity contribution in [1.29, 1.82) is 0 Å². The fraction of sp³-hybridized carbons (Fsp3) is 0.0588. The third kappa shape index (κ3) is 3.57. The topological polar surface area (TPSA) is 112 Å². The van der Waals surface area contributed by atoms with Crippen molar-refractivity contribution in [1.82, 2.24) is 19.5 Å². The summed E-state index contributed by atoms with van der Waals surface area (Å²) >= 11 is 12.2. The molecule has 2 aromatic carbocycles. The van der Waals surface area contributed by atoms with E-state index in [4.69, 9.17) is 33.4 Å². The minimum Gasteiger partial charge on any atom is -0.408 e. The minimum atomic E-state index is -0.549. The van der Waals surface area contributed by atoms with Crippen molar-refractivity contribution in [2.24, 2.45) is 0 Å². The first-order chi connectivity index (χ1) is 13.0. The van der Waals surface area contributed by atoms with Gasteiger partial charge in [-0.25, -0.2) is 4.79 Å². The van der Waals surface area contributed by atoms with E-state index in [9.17, 15) is 4.79 Å². The Morgan fingerprint density at radius 1 is 1.11 bits per heavy atom. The molecule has 4 aromatic rings. The molecule has 3 N–H and O–H groups in total. The Bertz CT molecular complexity index is 1200. The molecule has 0 amide bonds. The average Bonchev–Trinajstić information content (AvgIpc) is 2.92. The highest BCUT2D eigenvalue weighted by molar-refractivity contribution is 6.33. The van der Waals surface area contributed by atoms with Gasteiger partial charge < -0.3 is 15.5 Å². The van der Waals surface area contributed by atoms with Gasteiger partial charge in [0.05, 0.1) is 22.8 Å². The van der Waals surface area contributed by atoms with Crippen LogP contribution >= 0.6 is 23.2 Å². The van der Waals surface area contributed by atoms with Gasteiger partial charge in [0, 0.05) is 5.02 Å². The van der Waals surface area contributed by atoms with Crippen molar-refractivity contribution in [3.05, 3.63) is 68.9 Å². The summed E-state index contributed by atoms with van der Waals surface area (Å²) < 4.78 is 6.58. The number of fused-ring (bicyclic) bond motifs is 1. The molecule has 0 saturated carbocycles. The average molecular weight is 403 g/mol. The molecule has 0 radical (unpaired) electrons. The van der Waals surface area contributed by atoms with Crippen LogP contribution in [0.3, 0.4) is 0 Å². The second kappa shape index (κ2) is 6.90. The lowest BCUT2D eigenvalue weighted by Crippen LogP contribution is -2.18. The van der Waals surface area contributed by atoms with Crippen molar-refractivity contribution in [2.75, 3.05) is 11.1 Å². The van der Waals surface area contributed by atoms with Gasteiger partial charge in [0.15, 0.2) is 11.4 Å². The molecule has 8 nitrogen and oxygen atoms in total. The third-order valence-corrected chi connectivity index (χ3v) is 4.31. The number of benzene rings is 2. The third-order valence-electron chi connectivity index (χ3n) is 3.75. The highest BCUT2D eigenvalue weighted by Gasteiger charge is 2.13. The first kappa shape index (κ1) is 17.3. The normalized spacial score (nSPS) is 11.0. The summed E-state index contributed by atoms with van der Waals surface area (Å²) in [6, 6.07) is 12.0. The molecule has 0 spiro atoms. The Morgan fingerprint density at radius 3 is 2.74 bits per heavy atom. The molecule has 10 heteroatoms. The number of nitrogens with two attached hydrogens (primary N) is 1. The fourth-order valence-electron chi connectivity index (χ4n) is 2.57. The maximum Gasteiger partial charge on any atom is 0.420 e. The molecule has 0 aliphatic heterocycles. The second-order valence-corrected chi connectivity index (χ2v) is 6.45. The standard InChI is InChI=1S/C17H12Cl2N6O2/c18-9-5-6-13-12(7-9)25(17(26)27-13)8-14-22-15(20)24-16(23-14)21-11-4-2-1-3-10(11)19/h1-7H,8H2,(H3,20,21,22,23,24). The SMILES string of the molecule is Nc1nc(Cn2c(=O)oc3ccc(Cl)cc32)nc(Nc2ccccc2Cl)n1. The van der Waals surface area contributed by atoms with E-state index < -0.39 is 5.76 Å². The van der Waals surface area contributed by atoms with E-state index >= 15 is 0 Å². The quantitative estimate of drug-likeness (QED) is 0.537. The van der Waals surface area contributed by atoms with Crippen LogP contribution in [0.1, 0.15) is 5.82 Å². The zero-order valence-electron chi connectivity index (χ0n) is 13.7. The van der Waals surface area contributed by atoms with Crippen molar-refractivity contribution < 1.29 is 4.42 Å². The zero-order chi connectivity index (χ0) is 19.0. The van der Waals surface area contributed by atoms with Crippen molar-refractivity contribution in [3.63, 3.8) is 0 Å². The Balaban J connectivity index is 1.70. The smallest absolute Gasteiger partial charge is 0.408 e. The van der Waals surface area contributed by atoms with Crippen LogP contribution in [-0.4, -0.2) is 19.5 Å². The molecule has 0 aliphatic rings. The van der Waals surface area contributed by atoms with Crippen LogP contribution in [0.4, 0.5) is 17.6 Å². The number of nitrogen functional groups attached to an aromatic ring is 1. The summed E-state index contributed by atoms with van der Waals surface area (Å²) in [6.45, 7) is 0.0378. The molecular weight excluding hydrogens is 391 g/mol. The number of halogens is 2. The Kier molecular flexibility index (Phi) is 4.43. The molecular formula is C17H12Cl2N6O2. The van der Waals surface area contributed by atoms with Crippen LogP contribution in [-0.2, 0) is 6.54 Å². The summed E-state index contributed by atoms with van der Waals surface area (Å²) in [5.74, 6) is -0.0494. The second-order valence-electron chi connectivity index (χ2n) is 5.60. The maximum atomic E-state index is 12.2. The number of nitrogens with zero attached hydrogens (tertiary/aromatic N) is 4. The molecule has 136 valence electrons. The number of anilines is 3. The van der Waals surface area contributed by atoms with Gasteiger partial charge in [-0.3, -0.25) is 4.57 Å². The fourth-order valence-corrected chi connectivity index (χ4v) is 2.92. The van der Waals surface area contributed by atoms with E-state index in [-0.39, 0.29) is 24.3 Å². The molecule has 0 unspecified atom stereocenters. The summed E-state index contributed by atoms with van der Waals surface area (Å²) in [4.78, 5) is 24.6. The van der Waals surface area contributed by atoms with Gasteiger partial charge in [0.25, 0.3) is 0 Å². The summed E-state index contributed by atoms with van der Waals surface area (Å²) in [6.07, 6.45) is 0. The van der Waals surface area contributed by atoms with Gasteiger partial charge in [-0.15, -0.1) is 0 Å². The molecule has 0 fully saturated rings. The molecule has 2 heterocycles. The van der Waals surface area contributed by atoms with E-state index in [2.05, 4.69) is 20.3 Å². The lowest BCUT2D eigenvalue weighted by atomic mass is 10.3. The lowest BCUT2D eigenvalue weighted by molar-refractivity contribution is 0.514. The number of aromatic nitrogens is 4. The summed E-state index contributed by atoms with van der Waals surface area (Å²) in [5, 5.41) is 3.97. The van der Waals surface area contributed by atoms with Crippen LogP contribution in [0.25, 0.3) is 11.1 Å². The van der Waals surface area contributed by atoms with Crippen LogP contribution in [0.2, 0.25) is 10.0 Å². The Hall–Kier alpha value is -3.10. The van der Waals surface area contributed by atoms with E-state index in [1.165, 1.54) is 4.57 Å². The number of rotatable bonds is 4. The largest absolute Gasteiger partial charge is 0.420 e. The summed E-state index contributed by atoms with van der Waals surface area (Å²) in [5.41, 5.74) is 7.36. The Labute approximate surface area is 162 Å². The first-order valence-corrected chi connectivity index (χ1v) is 8.56. The number of nitrogens with one attached hydrogen (secondary N) is 1. The van der Waals surface area contributed by atoms with E-state index in [1.54, 1.807) is 30.3 Å². The zero-order valence-corrected chi connectivity index (χ0v) is 15.2. The summed E-state index contributed by atoms with van der Waals surface area (Å²) in [7, 11) is 0. The van der Waals surface area contributed by atoms with Crippen LogP contribution in [0, 0.1) is 0 Å². The highest BCUT2D eigenvalue weighted by Crippen LogP contribution is 2.23. The monoisotopic (exact) mass is 402 g/mol. The molecule has 4 rings (SSSR count). The number of para-hydroxylation sites is 1. The molecule has 0 aliphatic carbocycles. The van der Waals surface area contributed by atoms with Crippen LogP contribution in [0.5, 0.6) is 0 Å². The lowest BCUT2D eigenvalue weighted by Gasteiger charge is -2.09. The minimum absolute atomic E-state index is 0.00781. The molecule has 0 saturated heterocycles. The van der Waals surface area contributed by atoms with E-state index in [0.29, 0.717) is 26.8 Å². The van der Waals surface area contributed by atoms with Crippen LogP contribution < -0.4 is 16.8 Å². The number of hydrogen-bond acceptors (Lipinski definition) is 7. The van der Waals surface area contributed by atoms with E-state index in [0.717, 1.165) is 0 Å². The van der Waals surface area contributed by atoms with E-state index in [1.807, 2.05) is 12.1 Å². The number of oxazole rings is 1. The van der Waals surface area contributed by atoms with Gasteiger partial charge in [-0.2, -0.15) is 15.0 Å². The molecule has 0 bridgehead atoms. The van der Waals surface area contributed by atoms with Crippen molar-refractivity contribution in [2.45, 2.75) is 6.54 Å². The van der Waals surface area contributed by atoms with Crippen molar-refractivity contribution in [3.8, 4) is 0 Å². The number of hydrogen-bond donors (Lipinski definition) is 2. The molecule has 27 heavy (non-hydrogen) atoms. The van der Waals surface area contributed by atoms with Gasteiger partial charge in [-0.1, -0.05) is 35.3 Å². The van der Waals surface area contributed by atoms with Gasteiger partial charge in [0.1, 0.15) is 0 Å². The van der Waals surface area contributed by atoms with Crippen molar-refractivity contribution >= 4 is 51.9 Å². The van der Waals surface area contributed by atoms with Gasteiger partial charge in [-0.05, 0) is 30.3 Å². The first-order valence-electron chi connectivity index (χ1n) is 7.80.